The molecule has 0 spiro atoms. The molecule has 0 atom stereocenters. The summed E-state index contributed by atoms with van der Waals surface area (Å²) in [7, 11) is 0. The molecule has 0 saturated heterocycles. The number of hydrogen-bond acceptors (Lipinski definition) is 2. The van der Waals surface area contributed by atoms with Crippen molar-refractivity contribution in [1.82, 2.24) is 0 Å². The summed E-state index contributed by atoms with van der Waals surface area (Å²) in [5, 5.41) is 9.99. The van der Waals surface area contributed by atoms with Gasteiger partial charge in [-0.05, 0) is 12.1 Å². The lowest BCUT2D eigenvalue weighted by atomic mass is 10.2. The Hall–Kier alpha value is -1.17. The van der Waals surface area contributed by atoms with E-state index in [-0.39, 0.29) is 5.75 Å². The molecule has 0 aliphatic rings. The molecule has 88 valence electrons. The Morgan fingerprint density at radius 3 is 2.56 bits per heavy atom. The summed E-state index contributed by atoms with van der Waals surface area (Å²) < 4.78 is 39.2. The molecule has 1 rings (SSSR count). The van der Waals surface area contributed by atoms with E-state index in [1.807, 2.05) is 0 Å². The van der Waals surface area contributed by atoms with Gasteiger partial charge in [0.25, 0.3) is 0 Å². The number of hydrogen-bond donors (Lipinski definition) is 1. The smallest absolute Gasteiger partial charge is 0.507 e. The minimum Gasteiger partial charge on any atom is -0.507 e. The molecule has 0 bridgehead atoms. The van der Waals surface area contributed by atoms with E-state index in [9.17, 15) is 18.3 Å². The molecule has 16 heavy (non-hydrogen) atoms. The lowest BCUT2D eigenvalue weighted by Gasteiger charge is -2.09. The van der Waals surface area contributed by atoms with Crippen LogP contribution in [0.4, 0.5) is 13.2 Å². The number of ether oxygens (including phenoxy) is 1. The molecule has 0 aliphatic heterocycles. The highest BCUT2D eigenvalue weighted by Gasteiger charge is 2.31. The van der Waals surface area contributed by atoms with Crippen molar-refractivity contribution >= 4 is 22.0 Å². The van der Waals surface area contributed by atoms with Crippen molar-refractivity contribution < 1.29 is 23.0 Å². The number of phenols is 1. The highest BCUT2D eigenvalue weighted by atomic mass is 79.9. The van der Waals surface area contributed by atoms with Crippen LogP contribution < -0.4 is 4.74 Å². The van der Waals surface area contributed by atoms with Crippen LogP contribution in [0.15, 0.2) is 24.3 Å². The van der Waals surface area contributed by atoms with E-state index in [4.69, 9.17) is 0 Å². The first-order chi connectivity index (χ1) is 7.42. The van der Waals surface area contributed by atoms with Gasteiger partial charge in [0, 0.05) is 17.0 Å². The van der Waals surface area contributed by atoms with Crippen LogP contribution in [0.25, 0.3) is 6.08 Å². The van der Waals surface area contributed by atoms with Crippen LogP contribution in [0.3, 0.4) is 0 Å². The van der Waals surface area contributed by atoms with Gasteiger partial charge in [-0.25, -0.2) is 0 Å². The van der Waals surface area contributed by atoms with Gasteiger partial charge in [-0.3, -0.25) is 0 Å². The fourth-order valence-corrected chi connectivity index (χ4v) is 1.22. The van der Waals surface area contributed by atoms with Crippen molar-refractivity contribution in [3.63, 3.8) is 0 Å². The fraction of sp³-hybridized carbons (Fsp3) is 0.200. The molecule has 0 aliphatic carbocycles. The Labute approximate surface area is 98.5 Å². The van der Waals surface area contributed by atoms with Crippen LogP contribution in [0.1, 0.15) is 5.56 Å². The Morgan fingerprint density at radius 1 is 1.38 bits per heavy atom. The SMILES string of the molecule is Oc1cc(OC(F)(F)F)ccc1C=CCBr. The summed E-state index contributed by atoms with van der Waals surface area (Å²) >= 11 is 3.14. The average Bonchev–Trinajstić information content (AvgIpc) is 2.14. The highest BCUT2D eigenvalue weighted by molar-refractivity contribution is 9.09. The zero-order chi connectivity index (χ0) is 12.2. The van der Waals surface area contributed by atoms with E-state index >= 15 is 0 Å². The van der Waals surface area contributed by atoms with Crippen molar-refractivity contribution in [2.24, 2.45) is 0 Å². The summed E-state index contributed by atoms with van der Waals surface area (Å²) in [5.41, 5.74) is 0.425. The van der Waals surface area contributed by atoms with E-state index in [0.717, 1.165) is 12.1 Å². The highest BCUT2D eigenvalue weighted by Crippen LogP contribution is 2.28. The van der Waals surface area contributed by atoms with Crippen LogP contribution in [0.5, 0.6) is 11.5 Å². The molecule has 0 unspecified atom stereocenters. The Balaban J connectivity index is 2.87. The molecule has 0 saturated carbocycles. The molecule has 0 fully saturated rings. The lowest BCUT2D eigenvalue weighted by Crippen LogP contribution is -2.16. The van der Waals surface area contributed by atoms with Crippen molar-refractivity contribution in [3.05, 3.63) is 29.8 Å². The molecule has 0 heterocycles. The minimum atomic E-state index is -4.75. The van der Waals surface area contributed by atoms with Gasteiger partial charge in [0.15, 0.2) is 0 Å². The normalized spacial score (nSPS) is 12.0. The third-order valence-corrected chi connectivity index (χ3v) is 2.00. The number of aromatic hydroxyl groups is 1. The molecule has 2 nitrogen and oxygen atoms in total. The van der Waals surface area contributed by atoms with Gasteiger partial charge in [0.05, 0.1) is 0 Å². The molecule has 0 aromatic heterocycles. The quantitative estimate of drug-likeness (QED) is 0.862. The monoisotopic (exact) mass is 296 g/mol. The maximum absolute atomic E-state index is 11.9. The fourth-order valence-electron chi connectivity index (χ4n) is 1.03. The third kappa shape index (κ3) is 4.14. The van der Waals surface area contributed by atoms with E-state index < -0.39 is 12.1 Å². The predicted molar refractivity (Wildman–Crippen MR) is 57.6 cm³/mol. The number of allylic oxidation sites excluding steroid dienone is 1. The summed E-state index contributed by atoms with van der Waals surface area (Å²) in [5.74, 6) is -0.708. The van der Waals surface area contributed by atoms with E-state index in [1.165, 1.54) is 6.07 Å². The topological polar surface area (TPSA) is 29.5 Å². The van der Waals surface area contributed by atoms with Crippen LogP contribution in [0.2, 0.25) is 0 Å². The number of halogens is 4. The number of rotatable bonds is 3. The van der Waals surface area contributed by atoms with Crippen LogP contribution >= 0.6 is 15.9 Å². The molecular weight excluding hydrogens is 289 g/mol. The first kappa shape index (κ1) is 12.9. The molecule has 1 aromatic rings. The van der Waals surface area contributed by atoms with Crippen molar-refractivity contribution in [2.45, 2.75) is 6.36 Å². The Kier molecular flexibility index (Phi) is 4.23. The first-order valence-electron chi connectivity index (χ1n) is 4.23. The molecule has 0 radical (unpaired) electrons. The van der Waals surface area contributed by atoms with Gasteiger partial charge in [0.2, 0.25) is 0 Å². The van der Waals surface area contributed by atoms with Gasteiger partial charge < -0.3 is 9.84 Å². The molecule has 1 aromatic carbocycles. The largest absolute Gasteiger partial charge is 0.573 e. The van der Waals surface area contributed by atoms with E-state index in [0.29, 0.717) is 10.9 Å². The van der Waals surface area contributed by atoms with Crippen molar-refractivity contribution in [3.8, 4) is 11.5 Å². The van der Waals surface area contributed by atoms with Crippen LogP contribution in [0, 0.1) is 0 Å². The number of alkyl halides is 4. The maximum atomic E-state index is 11.9. The van der Waals surface area contributed by atoms with Gasteiger partial charge in [0.1, 0.15) is 11.5 Å². The van der Waals surface area contributed by atoms with Gasteiger partial charge in [-0.1, -0.05) is 28.1 Å². The minimum absolute atomic E-state index is 0.265. The molecule has 6 heteroatoms. The Bertz CT molecular complexity index is 388. The summed E-state index contributed by atoms with van der Waals surface area (Å²) in [6.45, 7) is 0. The second kappa shape index (κ2) is 5.25. The molecule has 0 amide bonds. The second-order valence-electron chi connectivity index (χ2n) is 2.83. The first-order valence-corrected chi connectivity index (χ1v) is 5.36. The number of phenolic OH excluding ortho intramolecular Hbond substituents is 1. The zero-order valence-electron chi connectivity index (χ0n) is 7.96. The van der Waals surface area contributed by atoms with Crippen molar-refractivity contribution in [2.75, 3.05) is 5.33 Å². The third-order valence-electron chi connectivity index (χ3n) is 1.62. The van der Waals surface area contributed by atoms with E-state index in [2.05, 4.69) is 20.7 Å². The van der Waals surface area contributed by atoms with Crippen LogP contribution in [-0.2, 0) is 0 Å². The zero-order valence-corrected chi connectivity index (χ0v) is 9.55. The second-order valence-corrected chi connectivity index (χ2v) is 3.47. The average molecular weight is 297 g/mol. The molecular formula is C10H8BrF3O2. The lowest BCUT2D eigenvalue weighted by molar-refractivity contribution is -0.274. The van der Waals surface area contributed by atoms with E-state index in [1.54, 1.807) is 12.2 Å². The standard InChI is InChI=1S/C10H8BrF3O2/c11-5-1-2-7-3-4-8(6-9(7)15)16-10(12,13)14/h1-4,6,15H,5H2. The van der Waals surface area contributed by atoms with Crippen molar-refractivity contribution in [1.29, 1.82) is 0 Å². The predicted octanol–water partition coefficient (Wildman–Crippen LogP) is 3.70. The molecule has 1 N–H and O–H groups in total. The van der Waals surface area contributed by atoms with Gasteiger partial charge in [-0.2, -0.15) is 0 Å². The Morgan fingerprint density at radius 2 is 2.06 bits per heavy atom. The van der Waals surface area contributed by atoms with Gasteiger partial charge in [-0.15, -0.1) is 13.2 Å². The summed E-state index contributed by atoms with van der Waals surface area (Å²) in [6.07, 6.45) is -1.46. The van der Waals surface area contributed by atoms with Crippen LogP contribution in [-0.4, -0.2) is 16.8 Å². The summed E-state index contributed by atoms with van der Waals surface area (Å²) in [6, 6.07) is 3.40. The number of benzene rings is 1. The maximum Gasteiger partial charge on any atom is 0.573 e. The summed E-state index contributed by atoms with van der Waals surface area (Å²) in [4.78, 5) is 0. The van der Waals surface area contributed by atoms with Gasteiger partial charge >= 0.3 is 6.36 Å².